The SMILES string of the molecule is CCOc1ccc(OCC)c(NC(=O)CN(C)Cc2ccccc2Br)c1. The number of rotatable bonds is 9. The van der Waals surface area contributed by atoms with Gasteiger partial charge in [-0.1, -0.05) is 34.1 Å². The van der Waals surface area contributed by atoms with Crippen LogP contribution in [0.3, 0.4) is 0 Å². The molecule has 0 aromatic heterocycles. The highest BCUT2D eigenvalue weighted by Crippen LogP contribution is 2.29. The van der Waals surface area contributed by atoms with Crippen LogP contribution in [0.2, 0.25) is 0 Å². The molecule has 1 N–H and O–H groups in total. The van der Waals surface area contributed by atoms with Crippen molar-refractivity contribution in [1.29, 1.82) is 0 Å². The molecule has 0 aliphatic heterocycles. The van der Waals surface area contributed by atoms with Gasteiger partial charge in [-0.25, -0.2) is 0 Å². The van der Waals surface area contributed by atoms with Crippen molar-refractivity contribution in [3.05, 3.63) is 52.5 Å². The highest BCUT2D eigenvalue weighted by Gasteiger charge is 2.13. The zero-order valence-electron chi connectivity index (χ0n) is 15.4. The van der Waals surface area contributed by atoms with Crippen molar-refractivity contribution >= 4 is 27.5 Å². The fourth-order valence-corrected chi connectivity index (χ4v) is 2.96. The fraction of sp³-hybridized carbons (Fsp3) is 0.350. The number of hydrogen-bond donors (Lipinski definition) is 1. The number of hydrogen-bond acceptors (Lipinski definition) is 4. The van der Waals surface area contributed by atoms with Crippen LogP contribution in [0.5, 0.6) is 11.5 Å². The van der Waals surface area contributed by atoms with Gasteiger partial charge in [0, 0.05) is 17.1 Å². The number of halogens is 1. The number of nitrogens with one attached hydrogen (secondary N) is 1. The van der Waals surface area contributed by atoms with E-state index >= 15 is 0 Å². The number of ether oxygens (including phenoxy) is 2. The van der Waals surface area contributed by atoms with Crippen LogP contribution in [0.1, 0.15) is 19.4 Å². The van der Waals surface area contributed by atoms with E-state index in [1.807, 2.05) is 62.2 Å². The first-order valence-electron chi connectivity index (χ1n) is 8.65. The smallest absolute Gasteiger partial charge is 0.238 e. The summed E-state index contributed by atoms with van der Waals surface area (Å²) < 4.78 is 12.1. The van der Waals surface area contributed by atoms with Crippen molar-refractivity contribution in [2.45, 2.75) is 20.4 Å². The van der Waals surface area contributed by atoms with Gasteiger partial charge in [0.05, 0.1) is 25.4 Å². The highest BCUT2D eigenvalue weighted by atomic mass is 79.9. The maximum absolute atomic E-state index is 12.5. The van der Waals surface area contributed by atoms with Gasteiger partial charge in [-0.05, 0) is 44.7 Å². The number of likely N-dealkylation sites (N-methyl/N-ethyl adjacent to an activating group) is 1. The van der Waals surface area contributed by atoms with Crippen LogP contribution in [0.25, 0.3) is 0 Å². The lowest BCUT2D eigenvalue weighted by Crippen LogP contribution is -2.30. The molecule has 0 heterocycles. The standard InChI is InChI=1S/C20H25BrN2O3/c1-4-25-16-10-11-19(26-5-2)18(12-16)22-20(24)14-23(3)13-15-8-6-7-9-17(15)21/h6-12H,4-5,13-14H2,1-3H3,(H,22,24). The van der Waals surface area contributed by atoms with Gasteiger partial charge >= 0.3 is 0 Å². The van der Waals surface area contributed by atoms with Crippen LogP contribution in [-0.4, -0.2) is 37.6 Å². The van der Waals surface area contributed by atoms with Gasteiger partial charge in [-0.3, -0.25) is 9.69 Å². The molecular formula is C20H25BrN2O3. The molecule has 0 bridgehead atoms. The molecule has 0 spiro atoms. The lowest BCUT2D eigenvalue weighted by atomic mass is 10.2. The van der Waals surface area contributed by atoms with Gasteiger partial charge in [0.25, 0.3) is 0 Å². The zero-order chi connectivity index (χ0) is 18.9. The molecule has 26 heavy (non-hydrogen) atoms. The number of amides is 1. The van der Waals surface area contributed by atoms with Gasteiger partial charge in [0.2, 0.25) is 5.91 Å². The van der Waals surface area contributed by atoms with E-state index in [-0.39, 0.29) is 12.5 Å². The maximum atomic E-state index is 12.5. The van der Waals surface area contributed by atoms with E-state index < -0.39 is 0 Å². The van der Waals surface area contributed by atoms with Crippen molar-refractivity contribution in [2.24, 2.45) is 0 Å². The Hall–Kier alpha value is -2.05. The summed E-state index contributed by atoms with van der Waals surface area (Å²) in [6.07, 6.45) is 0. The summed E-state index contributed by atoms with van der Waals surface area (Å²) in [7, 11) is 1.92. The van der Waals surface area contributed by atoms with Crippen LogP contribution in [0.15, 0.2) is 46.9 Å². The molecule has 2 aromatic carbocycles. The summed E-state index contributed by atoms with van der Waals surface area (Å²) >= 11 is 3.54. The molecule has 0 unspecified atom stereocenters. The summed E-state index contributed by atoms with van der Waals surface area (Å²) in [6.45, 7) is 5.87. The monoisotopic (exact) mass is 420 g/mol. The largest absolute Gasteiger partial charge is 0.494 e. The van der Waals surface area contributed by atoms with E-state index in [0.717, 1.165) is 10.0 Å². The first-order valence-corrected chi connectivity index (χ1v) is 9.44. The summed E-state index contributed by atoms with van der Waals surface area (Å²) in [5, 5.41) is 2.93. The molecule has 1 amide bonds. The minimum absolute atomic E-state index is 0.103. The van der Waals surface area contributed by atoms with Gasteiger partial charge in [0.15, 0.2) is 0 Å². The quantitative estimate of drug-likeness (QED) is 0.656. The van der Waals surface area contributed by atoms with E-state index in [0.29, 0.717) is 36.9 Å². The summed E-state index contributed by atoms with van der Waals surface area (Å²) in [4.78, 5) is 14.4. The predicted molar refractivity (Wildman–Crippen MR) is 108 cm³/mol. The Kier molecular flexibility index (Phi) is 7.94. The van der Waals surface area contributed by atoms with Crippen LogP contribution in [0.4, 0.5) is 5.69 Å². The second-order valence-electron chi connectivity index (χ2n) is 5.84. The zero-order valence-corrected chi connectivity index (χ0v) is 17.0. The molecule has 0 aliphatic rings. The molecule has 2 rings (SSSR count). The summed E-state index contributed by atoms with van der Waals surface area (Å²) in [5.74, 6) is 1.24. The topological polar surface area (TPSA) is 50.8 Å². The average Bonchev–Trinajstić information content (AvgIpc) is 2.59. The second kappa shape index (κ2) is 10.2. The molecule has 0 atom stereocenters. The Morgan fingerprint density at radius 2 is 1.85 bits per heavy atom. The minimum atomic E-state index is -0.103. The molecule has 5 nitrogen and oxygen atoms in total. The van der Waals surface area contributed by atoms with Gasteiger partial charge < -0.3 is 14.8 Å². The molecule has 0 saturated carbocycles. The van der Waals surface area contributed by atoms with E-state index in [1.165, 1.54) is 0 Å². The van der Waals surface area contributed by atoms with E-state index in [2.05, 4.69) is 21.2 Å². The van der Waals surface area contributed by atoms with Gasteiger partial charge in [-0.2, -0.15) is 0 Å². The third-order valence-electron chi connectivity index (χ3n) is 3.65. The molecule has 0 radical (unpaired) electrons. The Bertz CT molecular complexity index is 737. The average molecular weight is 421 g/mol. The third kappa shape index (κ3) is 6.04. The Balaban J connectivity index is 2.01. The summed E-state index contributed by atoms with van der Waals surface area (Å²) in [5.41, 5.74) is 1.76. The number of anilines is 1. The highest BCUT2D eigenvalue weighted by molar-refractivity contribution is 9.10. The molecule has 2 aromatic rings. The van der Waals surface area contributed by atoms with Crippen molar-refractivity contribution in [3.8, 4) is 11.5 Å². The van der Waals surface area contributed by atoms with Crippen molar-refractivity contribution in [3.63, 3.8) is 0 Å². The minimum Gasteiger partial charge on any atom is -0.494 e. The van der Waals surface area contributed by atoms with Gasteiger partial charge in [-0.15, -0.1) is 0 Å². The van der Waals surface area contributed by atoms with Crippen molar-refractivity contribution < 1.29 is 14.3 Å². The first-order chi connectivity index (χ1) is 12.5. The van der Waals surface area contributed by atoms with E-state index in [9.17, 15) is 4.79 Å². The number of carbonyl (C=O) groups excluding carboxylic acids is 1. The Labute approximate surface area is 163 Å². The van der Waals surface area contributed by atoms with Crippen molar-refractivity contribution in [1.82, 2.24) is 4.90 Å². The predicted octanol–water partition coefficient (Wildman–Crippen LogP) is 4.32. The molecule has 140 valence electrons. The van der Waals surface area contributed by atoms with Gasteiger partial charge in [0.1, 0.15) is 11.5 Å². The molecule has 0 aliphatic carbocycles. The lowest BCUT2D eigenvalue weighted by Gasteiger charge is -2.18. The number of nitrogens with zero attached hydrogens (tertiary/aromatic N) is 1. The number of benzene rings is 2. The second-order valence-corrected chi connectivity index (χ2v) is 6.69. The summed E-state index contributed by atoms with van der Waals surface area (Å²) in [6, 6.07) is 13.4. The Morgan fingerprint density at radius 3 is 2.54 bits per heavy atom. The molecule has 6 heteroatoms. The lowest BCUT2D eigenvalue weighted by molar-refractivity contribution is -0.117. The van der Waals surface area contributed by atoms with Crippen LogP contribution < -0.4 is 14.8 Å². The molecule has 0 saturated heterocycles. The molecule has 0 fully saturated rings. The Morgan fingerprint density at radius 1 is 1.12 bits per heavy atom. The van der Waals surface area contributed by atoms with Crippen LogP contribution in [-0.2, 0) is 11.3 Å². The third-order valence-corrected chi connectivity index (χ3v) is 4.42. The van der Waals surface area contributed by atoms with E-state index in [1.54, 1.807) is 6.07 Å². The number of carbonyl (C=O) groups is 1. The normalized spacial score (nSPS) is 10.7. The first kappa shape index (κ1) is 20.3. The van der Waals surface area contributed by atoms with E-state index in [4.69, 9.17) is 9.47 Å². The molecular weight excluding hydrogens is 396 g/mol. The van der Waals surface area contributed by atoms with Crippen molar-refractivity contribution in [2.75, 3.05) is 32.1 Å². The van der Waals surface area contributed by atoms with Crippen LogP contribution >= 0.6 is 15.9 Å². The fourth-order valence-electron chi connectivity index (χ4n) is 2.55. The van der Waals surface area contributed by atoms with Crippen LogP contribution in [0, 0.1) is 0 Å². The maximum Gasteiger partial charge on any atom is 0.238 e.